The predicted octanol–water partition coefficient (Wildman–Crippen LogP) is 2.95. The average molecular weight is 281 g/mol. The molecule has 0 radical (unpaired) electrons. The maximum atomic E-state index is 12.8. The van der Waals surface area contributed by atoms with Crippen molar-refractivity contribution >= 4 is 11.6 Å². The van der Waals surface area contributed by atoms with Crippen LogP contribution in [0.15, 0.2) is 42.7 Å². The topological polar surface area (TPSA) is 59.2 Å². The molecule has 1 amide bonds. The number of nitrogen functional groups attached to an aromatic ring is 1. The number of hydrogen-bond acceptors (Lipinski definition) is 3. The number of rotatable bonds is 2. The summed E-state index contributed by atoms with van der Waals surface area (Å²) in [4.78, 5) is 18.9. The number of nitrogens with two attached hydrogens (primary N) is 1. The summed E-state index contributed by atoms with van der Waals surface area (Å²) < 4.78 is 0. The molecule has 0 aliphatic carbocycles. The average Bonchev–Trinajstić information content (AvgIpc) is 2.99. The van der Waals surface area contributed by atoms with E-state index < -0.39 is 0 Å². The Kier molecular flexibility index (Phi) is 3.60. The molecule has 1 saturated heterocycles. The zero-order valence-corrected chi connectivity index (χ0v) is 12.1. The van der Waals surface area contributed by atoms with Crippen LogP contribution in [0, 0.1) is 6.92 Å². The summed E-state index contributed by atoms with van der Waals surface area (Å²) in [5.41, 5.74) is 9.27. The number of carbonyl (C=O) groups is 1. The normalized spacial score (nSPS) is 18.0. The molecule has 2 N–H and O–H groups in total. The van der Waals surface area contributed by atoms with E-state index in [1.807, 2.05) is 42.3 Å². The maximum absolute atomic E-state index is 12.8. The molecule has 1 aromatic carbocycles. The van der Waals surface area contributed by atoms with E-state index in [1.165, 1.54) is 0 Å². The van der Waals surface area contributed by atoms with Gasteiger partial charge in [0.1, 0.15) is 0 Å². The van der Waals surface area contributed by atoms with E-state index >= 15 is 0 Å². The quantitative estimate of drug-likeness (QED) is 0.861. The van der Waals surface area contributed by atoms with Crippen LogP contribution in [0.1, 0.15) is 40.4 Å². The molecular formula is C17H19N3O. The van der Waals surface area contributed by atoms with E-state index in [1.54, 1.807) is 12.3 Å². The molecule has 3 rings (SSSR count). The molecule has 108 valence electrons. The third kappa shape index (κ3) is 2.61. The first kappa shape index (κ1) is 13.6. The van der Waals surface area contributed by atoms with Crippen molar-refractivity contribution in [2.75, 3.05) is 12.3 Å². The Balaban J connectivity index is 1.92. The zero-order chi connectivity index (χ0) is 14.8. The number of hydrogen-bond donors (Lipinski definition) is 1. The highest BCUT2D eigenvalue weighted by Crippen LogP contribution is 2.33. The van der Waals surface area contributed by atoms with Crippen LogP contribution in [-0.2, 0) is 0 Å². The molecule has 0 saturated carbocycles. The number of pyridine rings is 1. The van der Waals surface area contributed by atoms with Gasteiger partial charge < -0.3 is 10.6 Å². The van der Waals surface area contributed by atoms with Crippen LogP contribution in [0.5, 0.6) is 0 Å². The van der Waals surface area contributed by atoms with Gasteiger partial charge in [-0.3, -0.25) is 9.78 Å². The fourth-order valence-corrected chi connectivity index (χ4v) is 2.94. The summed E-state index contributed by atoms with van der Waals surface area (Å²) in [7, 11) is 0. The second-order valence-electron chi connectivity index (χ2n) is 5.53. The third-order valence-electron chi connectivity index (χ3n) is 4.02. The lowest BCUT2D eigenvalue weighted by Gasteiger charge is -2.25. The first-order valence-electron chi connectivity index (χ1n) is 7.24. The Morgan fingerprint density at radius 1 is 1.38 bits per heavy atom. The van der Waals surface area contributed by atoms with Crippen molar-refractivity contribution in [1.82, 2.24) is 9.88 Å². The molecule has 1 unspecified atom stereocenters. The van der Waals surface area contributed by atoms with Crippen molar-refractivity contribution in [2.24, 2.45) is 0 Å². The molecule has 0 spiro atoms. The Morgan fingerprint density at radius 2 is 2.24 bits per heavy atom. The van der Waals surface area contributed by atoms with Crippen molar-refractivity contribution in [3.05, 3.63) is 59.4 Å². The summed E-state index contributed by atoms with van der Waals surface area (Å²) in [5.74, 6) is 0.0163. The number of likely N-dealkylation sites (tertiary alicyclic amines) is 1. The van der Waals surface area contributed by atoms with Gasteiger partial charge in [0, 0.05) is 24.6 Å². The molecular weight excluding hydrogens is 262 g/mol. The van der Waals surface area contributed by atoms with E-state index in [9.17, 15) is 4.79 Å². The Bertz CT molecular complexity index is 654. The number of nitrogens with zero attached hydrogens (tertiary/aromatic N) is 2. The molecule has 1 aromatic heterocycles. The van der Waals surface area contributed by atoms with Gasteiger partial charge >= 0.3 is 0 Å². The largest absolute Gasteiger partial charge is 0.398 e. The number of aromatic nitrogens is 1. The van der Waals surface area contributed by atoms with Gasteiger partial charge in [-0.25, -0.2) is 0 Å². The molecule has 1 atom stereocenters. The summed E-state index contributed by atoms with van der Waals surface area (Å²) in [6.07, 6.45) is 5.58. The van der Waals surface area contributed by atoms with Crippen molar-refractivity contribution in [3.8, 4) is 0 Å². The Labute approximate surface area is 124 Å². The van der Waals surface area contributed by atoms with E-state index in [2.05, 4.69) is 4.98 Å². The van der Waals surface area contributed by atoms with E-state index in [0.717, 1.165) is 30.5 Å². The molecule has 1 fully saturated rings. The smallest absolute Gasteiger partial charge is 0.256 e. The molecule has 0 bridgehead atoms. The molecule has 1 aliphatic rings. The lowest BCUT2D eigenvalue weighted by Crippen LogP contribution is -2.31. The van der Waals surface area contributed by atoms with Crippen LogP contribution in [0.25, 0.3) is 0 Å². The van der Waals surface area contributed by atoms with Crippen molar-refractivity contribution < 1.29 is 4.79 Å². The molecule has 21 heavy (non-hydrogen) atoms. The van der Waals surface area contributed by atoms with Gasteiger partial charge in [-0.05, 0) is 43.5 Å². The van der Waals surface area contributed by atoms with Crippen LogP contribution in [0.4, 0.5) is 5.69 Å². The Morgan fingerprint density at radius 3 is 3.00 bits per heavy atom. The lowest BCUT2D eigenvalue weighted by atomic mass is 10.0. The Hall–Kier alpha value is -2.36. The summed E-state index contributed by atoms with van der Waals surface area (Å²) in [6.45, 7) is 2.74. The number of benzene rings is 1. The van der Waals surface area contributed by atoms with Crippen LogP contribution in [0.3, 0.4) is 0 Å². The SMILES string of the molecule is Cc1ccc(N)c(C(=O)N2CCCC2c2cccnc2)c1. The van der Waals surface area contributed by atoms with Crippen molar-refractivity contribution in [1.29, 1.82) is 0 Å². The predicted molar refractivity (Wildman–Crippen MR) is 82.8 cm³/mol. The zero-order valence-electron chi connectivity index (χ0n) is 12.1. The van der Waals surface area contributed by atoms with Gasteiger partial charge in [0.05, 0.1) is 11.6 Å². The number of carbonyl (C=O) groups excluding carboxylic acids is 1. The van der Waals surface area contributed by atoms with E-state index in [0.29, 0.717) is 11.3 Å². The second-order valence-corrected chi connectivity index (χ2v) is 5.53. The monoisotopic (exact) mass is 281 g/mol. The van der Waals surface area contributed by atoms with Crippen LogP contribution >= 0.6 is 0 Å². The summed E-state index contributed by atoms with van der Waals surface area (Å²) in [6, 6.07) is 9.65. The van der Waals surface area contributed by atoms with Gasteiger partial charge in [-0.2, -0.15) is 0 Å². The number of aryl methyl sites for hydroxylation is 1. The van der Waals surface area contributed by atoms with E-state index in [4.69, 9.17) is 5.73 Å². The summed E-state index contributed by atoms with van der Waals surface area (Å²) >= 11 is 0. The molecule has 1 aliphatic heterocycles. The van der Waals surface area contributed by atoms with Crippen LogP contribution < -0.4 is 5.73 Å². The highest BCUT2D eigenvalue weighted by Gasteiger charge is 2.31. The van der Waals surface area contributed by atoms with Crippen LogP contribution in [-0.4, -0.2) is 22.3 Å². The fraction of sp³-hybridized carbons (Fsp3) is 0.294. The second kappa shape index (κ2) is 5.56. The number of anilines is 1. The lowest BCUT2D eigenvalue weighted by molar-refractivity contribution is 0.0736. The van der Waals surface area contributed by atoms with Crippen LogP contribution in [0.2, 0.25) is 0 Å². The van der Waals surface area contributed by atoms with Gasteiger partial charge in [-0.1, -0.05) is 17.7 Å². The summed E-state index contributed by atoms with van der Waals surface area (Å²) in [5, 5.41) is 0. The minimum Gasteiger partial charge on any atom is -0.398 e. The molecule has 4 heteroatoms. The first-order chi connectivity index (χ1) is 10.2. The van der Waals surface area contributed by atoms with E-state index in [-0.39, 0.29) is 11.9 Å². The maximum Gasteiger partial charge on any atom is 0.256 e. The van der Waals surface area contributed by atoms with Gasteiger partial charge in [-0.15, -0.1) is 0 Å². The van der Waals surface area contributed by atoms with Gasteiger partial charge in [0.2, 0.25) is 0 Å². The van der Waals surface area contributed by atoms with Gasteiger partial charge in [0.25, 0.3) is 5.91 Å². The standard InChI is InChI=1S/C17H19N3O/c1-12-6-7-15(18)14(10-12)17(21)20-9-3-5-16(20)13-4-2-8-19-11-13/h2,4,6-8,10-11,16H,3,5,9,18H2,1H3. The number of amides is 1. The van der Waals surface area contributed by atoms with Crippen molar-refractivity contribution in [3.63, 3.8) is 0 Å². The fourth-order valence-electron chi connectivity index (χ4n) is 2.94. The minimum absolute atomic E-state index is 0.0163. The van der Waals surface area contributed by atoms with Crippen molar-refractivity contribution in [2.45, 2.75) is 25.8 Å². The first-order valence-corrected chi connectivity index (χ1v) is 7.24. The molecule has 2 aromatic rings. The molecule has 4 nitrogen and oxygen atoms in total. The highest BCUT2D eigenvalue weighted by atomic mass is 16.2. The minimum atomic E-state index is 0.0163. The van der Waals surface area contributed by atoms with Gasteiger partial charge in [0.15, 0.2) is 0 Å². The third-order valence-corrected chi connectivity index (χ3v) is 4.02. The molecule has 2 heterocycles. The highest BCUT2D eigenvalue weighted by molar-refractivity contribution is 5.99.